The third-order valence-corrected chi connectivity index (χ3v) is 4.74. The van der Waals surface area contributed by atoms with Crippen molar-refractivity contribution in [3.8, 4) is 0 Å². The van der Waals surface area contributed by atoms with E-state index in [9.17, 15) is 14.0 Å². The van der Waals surface area contributed by atoms with Crippen LogP contribution in [0.2, 0.25) is 5.02 Å². The van der Waals surface area contributed by atoms with Gasteiger partial charge in [0, 0.05) is 17.3 Å². The molecule has 0 heterocycles. The van der Waals surface area contributed by atoms with Crippen molar-refractivity contribution in [1.29, 1.82) is 0 Å². The van der Waals surface area contributed by atoms with E-state index in [0.717, 1.165) is 5.56 Å². The first-order chi connectivity index (χ1) is 11.9. The highest BCUT2D eigenvalue weighted by Crippen LogP contribution is 2.14. The summed E-state index contributed by atoms with van der Waals surface area (Å²) in [5.74, 6) is -0.616. The van der Waals surface area contributed by atoms with E-state index < -0.39 is 0 Å². The van der Waals surface area contributed by atoms with E-state index in [4.69, 9.17) is 11.6 Å². The van der Waals surface area contributed by atoms with Crippen LogP contribution in [0.3, 0.4) is 0 Å². The predicted molar refractivity (Wildman–Crippen MR) is 100 cm³/mol. The Morgan fingerprint density at radius 2 is 1.76 bits per heavy atom. The normalized spacial score (nSPS) is 11.6. The van der Waals surface area contributed by atoms with Crippen molar-refractivity contribution in [1.82, 2.24) is 5.32 Å². The van der Waals surface area contributed by atoms with Gasteiger partial charge in [0.15, 0.2) is 0 Å². The average Bonchev–Trinajstić information content (AvgIpc) is 2.61. The summed E-state index contributed by atoms with van der Waals surface area (Å²) in [6.45, 7) is 2.15. The van der Waals surface area contributed by atoms with Gasteiger partial charge in [-0.15, -0.1) is 11.8 Å². The van der Waals surface area contributed by atoms with E-state index in [-0.39, 0.29) is 28.6 Å². The van der Waals surface area contributed by atoms with Crippen molar-refractivity contribution in [2.75, 3.05) is 11.1 Å². The van der Waals surface area contributed by atoms with Crippen LogP contribution >= 0.6 is 23.4 Å². The zero-order valence-corrected chi connectivity index (χ0v) is 15.2. The summed E-state index contributed by atoms with van der Waals surface area (Å²) in [7, 11) is 0. The van der Waals surface area contributed by atoms with E-state index in [0.29, 0.717) is 17.3 Å². The number of hydrogen-bond acceptors (Lipinski definition) is 3. The SMILES string of the molecule is C[C@@H](SCC(=O)Nc1ccc(F)cc1)C(=O)NCc1ccc(Cl)cc1. The van der Waals surface area contributed by atoms with Gasteiger partial charge in [0.2, 0.25) is 11.8 Å². The van der Waals surface area contributed by atoms with E-state index in [1.807, 2.05) is 12.1 Å². The molecular weight excluding hydrogens is 363 g/mol. The Balaban J connectivity index is 1.72. The number of anilines is 1. The fourth-order valence-electron chi connectivity index (χ4n) is 1.94. The molecule has 132 valence electrons. The van der Waals surface area contributed by atoms with Crippen LogP contribution < -0.4 is 10.6 Å². The van der Waals surface area contributed by atoms with Crippen molar-refractivity contribution in [2.45, 2.75) is 18.7 Å². The second-order valence-corrected chi connectivity index (χ2v) is 7.12. The molecule has 0 spiro atoms. The molecule has 0 unspecified atom stereocenters. The van der Waals surface area contributed by atoms with Crippen LogP contribution in [0.4, 0.5) is 10.1 Å². The van der Waals surface area contributed by atoms with Crippen LogP contribution in [0.25, 0.3) is 0 Å². The molecule has 0 fully saturated rings. The maximum Gasteiger partial charge on any atom is 0.234 e. The zero-order chi connectivity index (χ0) is 18.2. The Bertz CT molecular complexity index is 723. The quantitative estimate of drug-likeness (QED) is 0.766. The van der Waals surface area contributed by atoms with Crippen molar-refractivity contribution in [3.05, 3.63) is 64.9 Å². The Kier molecular flexibility index (Phi) is 7.28. The summed E-state index contributed by atoms with van der Waals surface area (Å²) >= 11 is 7.05. The highest BCUT2D eigenvalue weighted by Gasteiger charge is 2.15. The van der Waals surface area contributed by atoms with Crippen LogP contribution in [0.5, 0.6) is 0 Å². The number of hydrogen-bond donors (Lipinski definition) is 2. The predicted octanol–water partition coefficient (Wildman–Crippen LogP) is 3.86. The lowest BCUT2D eigenvalue weighted by molar-refractivity contribution is -0.120. The molecule has 7 heteroatoms. The van der Waals surface area contributed by atoms with Gasteiger partial charge in [0.05, 0.1) is 11.0 Å². The molecule has 0 aromatic heterocycles. The van der Waals surface area contributed by atoms with Gasteiger partial charge in [-0.3, -0.25) is 9.59 Å². The Morgan fingerprint density at radius 1 is 1.12 bits per heavy atom. The molecule has 1 atom stereocenters. The van der Waals surface area contributed by atoms with Gasteiger partial charge in [-0.1, -0.05) is 23.7 Å². The molecule has 0 saturated heterocycles. The number of carbonyl (C=O) groups is 2. The molecule has 0 radical (unpaired) electrons. The lowest BCUT2D eigenvalue weighted by atomic mass is 10.2. The van der Waals surface area contributed by atoms with Gasteiger partial charge in [0.25, 0.3) is 0 Å². The fourth-order valence-corrected chi connectivity index (χ4v) is 2.78. The van der Waals surface area contributed by atoms with Gasteiger partial charge >= 0.3 is 0 Å². The minimum atomic E-state index is -0.369. The smallest absolute Gasteiger partial charge is 0.234 e. The molecule has 2 amide bonds. The number of rotatable bonds is 7. The molecule has 0 aliphatic carbocycles. The standard InChI is InChI=1S/C18H18ClFN2O2S/c1-12(18(24)21-10-13-2-4-14(19)5-3-13)25-11-17(23)22-16-8-6-15(20)7-9-16/h2-9,12H,10-11H2,1H3,(H,21,24)(H,22,23)/t12-/m1/s1. The van der Waals surface area contributed by atoms with E-state index in [1.54, 1.807) is 19.1 Å². The molecule has 0 aliphatic heterocycles. The molecule has 25 heavy (non-hydrogen) atoms. The number of carbonyl (C=O) groups excluding carboxylic acids is 2. The van der Waals surface area contributed by atoms with Crippen LogP contribution in [0.15, 0.2) is 48.5 Å². The lowest BCUT2D eigenvalue weighted by Crippen LogP contribution is -2.31. The molecule has 0 aliphatic rings. The molecule has 0 saturated carbocycles. The van der Waals surface area contributed by atoms with Crippen LogP contribution in [-0.4, -0.2) is 22.8 Å². The Morgan fingerprint density at radius 3 is 2.40 bits per heavy atom. The summed E-state index contributed by atoms with van der Waals surface area (Å²) < 4.78 is 12.8. The largest absolute Gasteiger partial charge is 0.351 e. The van der Waals surface area contributed by atoms with Gasteiger partial charge in [-0.2, -0.15) is 0 Å². The van der Waals surface area contributed by atoms with Crippen LogP contribution in [0, 0.1) is 5.82 Å². The molecule has 2 aromatic rings. The first kappa shape index (κ1) is 19.3. The van der Waals surface area contributed by atoms with E-state index >= 15 is 0 Å². The number of benzene rings is 2. The van der Waals surface area contributed by atoms with Crippen molar-refractivity contribution in [3.63, 3.8) is 0 Å². The minimum absolute atomic E-state index is 0.132. The average molecular weight is 381 g/mol. The number of nitrogens with one attached hydrogen (secondary N) is 2. The number of halogens is 2. The first-order valence-corrected chi connectivity index (χ1v) is 9.06. The second kappa shape index (κ2) is 9.44. The minimum Gasteiger partial charge on any atom is -0.351 e. The maximum absolute atomic E-state index is 12.8. The Labute approximate surface area is 155 Å². The Hall–Kier alpha value is -2.05. The van der Waals surface area contributed by atoms with Crippen molar-refractivity contribution < 1.29 is 14.0 Å². The topological polar surface area (TPSA) is 58.2 Å². The molecule has 2 aromatic carbocycles. The van der Waals surface area contributed by atoms with Gasteiger partial charge in [0.1, 0.15) is 5.82 Å². The van der Waals surface area contributed by atoms with Gasteiger partial charge in [-0.25, -0.2) is 4.39 Å². The molecule has 2 N–H and O–H groups in total. The van der Waals surface area contributed by atoms with Crippen molar-refractivity contribution >= 4 is 40.9 Å². The highest BCUT2D eigenvalue weighted by atomic mass is 35.5. The van der Waals surface area contributed by atoms with Gasteiger partial charge < -0.3 is 10.6 Å². The summed E-state index contributed by atoms with van der Waals surface area (Å²) in [5, 5.41) is 5.75. The highest BCUT2D eigenvalue weighted by molar-refractivity contribution is 8.01. The summed E-state index contributed by atoms with van der Waals surface area (Å²) in [5.41, 5.74) is 1.47. The molecule has 4 nitrogen and oxygen atoms in total. The monoisotopic (exact) mass is 380 g/mol. The third-order valence-electron chi connectivity index (χ3n) is 3.34. The third kappa shape index (κ3) is 6.76. The fraction of sp³-hybridized carbons (Fsp3) is 0.222. The van der Waals surface area contributed by atoms with E-state index in [2.05, 4.69) is 10.6 Å². The van der Waals surface area contributed by atoms with Crippen LogP contribution in [-0.2, 0) is 16.1 Å². The van der Waals surface area contributed by atoms with Gasteiger partial charge in [-0.05, 0) is 48.9 Å². The van der Waals surface area contributed by atoms with Crippen LogP contribution in [0.1, 0.15) is 12.5 Å². The van der Waals surface area contributed by atoms with E-state index in [1.165, 1.54) is 36.0 Å². The summed E-state index contributed by atoms with van der Waals surface area (Å²) in [4.78, 5) is 23.9. The maximum atomic E-state index is 12.8. The second-order valence-electron chi connectivity index (χ2n) is 5.35. The number of thioether (sulfide) groups is 1. The first-order valence-electron chi connectivity index (χ1n) is 7.63. The zero-order valence-electron chi connectivity index (χ0n) is 13.6. The lowest BCUT2D eigenvalue weighted by Gasteiger charge is -2.12. The summed E-state index contributed by atoms with van der Waals surface area (Å²) in [6.07, 6.45) is 0. The number of amides is 2. The summed E-state index contributed by atoms with van der Waals surface area (Å²) in [6, 6.07) is 12.7. The molecular formula is C18H18ClFN2O2S. The molecule has 2 rings (SSSR count). The molecule has 0 bridgehead atoms. The van der Waals surface area contributed by atoms with Crippen molar-refractivity contribution in [2.24, 2.45) is 0 Å².